The van der Waals surface area contributed by atoms with Gasteiger partial charge in [-0.15, -0.1) is 11.3 Å². The van der Waals surface area contributed by atoms with Gasteiger partial charge < -0.3 is 0 Å². The fourth-order valence-corrected chi connectivity index (χ4v) is 3.53. The van der Waals surface area contributed by atoms with Crippen molar-refractivity contribution in [1.82, 2.24) is 0 Å². The average molecular weight is 240 g/mol. The quantitative estimate of drug-likeness (QED) is 0.528. The third-order valence-electron chi connectivity index (χ3n) is 3.39. The molecule has 17 heavy (non-hydrogen) atoms. The molecule has 0 saturated carbocycles. The highest BCUT2D eigenvalue weighted by atomic mass is 32.1. The first-order valence-electron chi connectivity index (χ1n) is 6.08. The Bertz CT molecular complexity index is 689. The summed E-state index contributed by atoms with van der Waals surface area (Å²) < 4.78 is 2.85. The van der Waals surface area contributed by atoms with Gasteiger partial charge in [-0.1, -0.05) is 44.2 Å². The van der Waals surface area contributed by atoms with Gasteiger partial charge in [0.2, 0.25) is 0 Å². The van der Waals surface area contributed by atoms with Crippen molar-refractivity contribution in [2.24, 2.45) is 0 Å². The summed E-state index contributed by atoms with van der Waals surface area (Å²) >= 11 is 1.92. The second kappa shape index (κ2) is 3.85. The van der Waals surface area contributed by atoms with Crippen molar-refractivity contribution < 1.29 is 0 Å². The Hall–Kier alpha value is -1.34. The lowest BCUT2D eigenvalue weighted by Crippen LogP contribution is -1.84. The Balaban J connectivity index is 2.39. The number of fused-ring (bicyclic) bond motifs is 3. The van der Waals surface area contributed by atoms with E-state index in [0.29, 0.717) is 5.92 Å². The van der Waals surface area contributed by atoms with E-state index in [1.165, 1.54) is 31.3 Å². The predicted octanol–water partition coefficient (Wildman–Crippen LogP) is 5.49. The molecular weight excluding hydrogens is 224 g/mol. The molecule has 1 heteroatoms. The fraction of sp³-hybridized carbons (Fsp3) is 0.250. The number of hydrogen-bond acceptors (Lipinski definition) is 1. The van der Waals surface area contributed by atoms with Crippen molar-refractivity contribution in [3.05, 3.63) is 47.5 Å². The molecule has 0 amide bonds. The summed E-state index contributed by atoms with van der Waals surface area (Å²) in [4.78, 5) is 0. The molecule has 3 rings (SSSR count). The molecule has 2 aromatic carbocycles. The van der Waals surface area contributed by atoms with Crippen LogP contribution >= 0.6 is 11.3 Å². The highest BCUT2D eigenvalue weighted by molar-refractivity contribution is 7.26. The molecule has 1 aromatic heterocycles. The molecule has 0 atom stereocenters. The van der Waals surface area contributed by atoms with Gasteiger partial charge in [0.1, 0.15) is 0 Å². The number of aryl methyl sites for hydroxylation is 1. The minimum Gasteiger partial charge on any atom is -0.135 e. The van der Waals surface area contributed by atoms with Crippen LogP contribution in [0.2, 0.25) is 0 Å². The number of benzene rings is 2. The van der Waals surface area contributed by atoms with Crippen LogP contribution in [0.1, 0.15) is 30.9 Å². The molecule has 0 fully saturated rings. The van der Waals surface area contributed by atoms with Gasteiger partial charge >= 0.3 is 0 Å². The van der Waals surface area contributed by atoms with Gasteiger partial charge in [-0.3, -0.25) is 0 Å². The van der Waals surface area contributed by atoms with Gasteiger partial charge in [0.05, 0.1) is 0 Å². The van der Waals surface area contributed by atoms with Crippen molar-refractivity contribution >= 4 is 31.5 Å². The smallest absolute Gasteiger partial charge is 0.0384 e. The molecule has 0 spiro atoms. The topological polar surface area (TPSA) is 0 Å². The fourth-order valence-electron chi connectivity index (χ4n) is 2.31. The highest BCUT2D eigenvalue weighted by Gasteiger charge is 2.08. The molecule has 3 aromatic rings. The third kappa shape index (κ3) is 1.66. The number of rotatable bonds is 1. The first-order valence-corrected chi connectivity index (χ1v) is 6.90. The van der Waals surface area contributed by atoms with Crippen molar-refractivity contribution in [1.29, 1.82) is 0 Å². The molecule has 0 nitrogen and oxygen atoms in total. The predicted molar refractivity (Wildman–Crippen MR) is 78.2 cm³/mol. The molecule has 0 bridgehead atoms. The monoisotopic (exact) mass is 240 g/mol. The molecule has 1 heterocycles. The van der Waals surface area contributed by atoms with E-state index in [1.807, 2.05) is 11.3 Å². The van der Waals surface area contributed by atoms with E-state index in [0.717, 1.165) is 0 Å². The van der Waals surface area contributed by atoms with Crippen LogP contribution in [0.15, 0.2) is 36.4 Å². The van der Waals surface area contributed by atoms with Crippen LogP contribution in [0.5, 0.6) is 0 Å². The molecule has 86 valence electrons. The molecule has 0 aliphatic heterocycles. The summed E-state index contributed by atoms with van der Waals surface area (Å²) in [6.07, 6.45) is 0. The summed E-state index contributed by atoms with van der Waals surface area (Å²) in [5.41, 5.74) is 2.82. The van der Waals surface area contributed by atoms with Crippen LogP contribution in [0.3, 0.4) is 0 Å². The second-order valence-electron chi connectivity index (χ2n) is 4.96. The summed E-state index contributed by atoms with van der Waals surface area (Å²) in [7, 11) is 0. The first-order chi connectivity index (χ1) is 8.16. The van der Waals surface area contributed by atoms with E-state index >= 15 is 0 Å². The van der Waals surface area contributed by atoms with Gasteiger partial charge in [-0.2, -0.15) is 0 Å². The Kier molecular flexibility index (Phi) is 2.44. The lowest BCUT2D eigenvalue weighted by atomic mass is 10.0. The number of hydrogen-bond donors (Lipinski definition) is 0. The standard InChI is InChI=1S/C16H16S/c1-10(2)12-7-8-13-14-6-4-5-11(3)16(14)17-15(13)9-12/h4-10H,1-3H3. The Morgan fingerprint density at radius 3 is 2.59 bits per heavy atom. The van der Waals surface area contributed by atoms with E-state index < -0.39 is 0 Å². The Morgan fingerprint density at radius 2 is 1.82 bits per heavy atom. The zero-order chi connectivity index (χ0) is 12.0. The largest absolute Gasteiger partial charge is 0.135 e. The van der Waals surface area contributed by atoms with Gasteiger partial charge in [0.25, 0.3) is 0 Å². The maximum atomic E-state index is 2.35. The van der Waals surface area contributed by atoms with Crippen LogP contribution in [0, 0.1) is 6.92 Å². The lowest BCUT2D eigenvalue weighted by molar-refractivity contribution is 0.869. The maximum Gasteiger partial charge on any atom is 0.0384 e. The van der Waals surface area contributed by atoms with E-state index in [9.17, 15) is 0 Å². The van der Waals surface area contributed by atoms with Crippen LogP contribution in [-0.4, -0.2) is 0 Å². The average Bonchev–Trinajstić information content (AvgIpc) is 2.68. The molecule has 0 unspecified atom stereocenters. The van der Waals surface area contributed by atoms with Crippen LogP contribution in [0.25, 0.3) is 20.2 Å². The van der Waals surface area contributed by atoms with Gasteiger partial charge in [0.15, 0.2) is 0 Å². The third-order valence-corrected chi connectivity index (χ3v) is 4.69. The number of thiophene rings is 1. The van der Waals surface area contributed by atoms with Crippen molar-refractivity contribution in [3.63, 3.8) is 0 Å². The van der Waals surface area contributed by atoms with Crippen molar-refractivity contribution in [3.8, 4) is 0 Å². The summed E-state index contributed by atoms with van der Waals surface area (Å²) in [5.74, 6) is 0.603. The molecule has 0 saturated heterocycles. The van der Waals surface area contributed by atoms with Crippen molar-refractivity contribution in [2.75, 3.05) is 0 Å². The molecule has 0 aliphatic carbocycles. The van der Waals surface area contributed by atoms with E-state index in [2.05, 4.69) is 57.2 Å². The molecule has 0 radical (unpaired) electrons. The zero-order valence-corrected chi connectivity index (χ0v) is 11.3. The molecule has 0 N–H and O–H groups in total. The van der Waals surface area contributed by atoms with E-state index in [-0.39, 0.29) is 0 Å². The zero-order valence-electron chi connectivity index (χ0n) is 10.4. The normalized spacial score (nSPS) is 11.8. The molecular formula is C16H16S. The Labute approximate surface area is 106 Å². The summed E-state index contributed by atoms with van der Waals surface area (Å²) in [6.45, 7) is 6.69. The summed E-state index contributed by atoms with van der Waals surface area (Å²) in [5, 5.41) is 2.80. The van der Waals surface area contributed by atoms with Gasteiger partial charge in [-0.05, 0) is 30.0 Å². The SMILES string of the molecule is Cc1cccc2c1sc1cc(C(C)C)ccc12. The highest BCUT2D eigenvalue weighted by Crippen LogP contribution is 2.36. The van der Waals surface area contributed by atoms with Crippen LogP contribution in [-0.2, 0) is 0 Å². The minimum absolute atomic E-state index is 0.603. The van der Waals surface area contributed by atoms with Crippen LogP contribution < -0.4 is 0 Å². The molecule has 0 aliphatic rings. The van der Waals surface area contributed by atoms with Crippen molar-refractivity contribution in [2.45, 2.75) is 26.7 Å². The van der Waals surface area contributed by atoms with Gasteiger partial charge in [0, 0.05) is 20.2 Å². The first kappa shape index (κ1) is 10.8. The maximum absolute atomic E-state index is 2.35. The minimum atomic E-state index is 0.603. The second-order valence-corrected chi connectivity index (χ2v) is 6.02. The van der Waals surface area contributed by atoms with Gasteiger partial charge in [-0.25, -0.2) is 0 Å². The lowest BCUT2D eigenvalue weighted by Gasteiger charge is -2.04. The Morgan fingerprint density at radius 1 is 1.00 bits per heavy atom. The van der Waals surface area contributed by atoms with Crippen LogP contribution in [0.4, 0.5) is 0 Å². The summed E-state index contributed by atoms with van der Waals surface area (Å²) in [6, 6.07) is 13.5. The van der Waals surface area contributed by atoms with E-state index in [1.54, 1.807) is 0 Å². The van der Waals surface area contributed by atoms with E-state index in [4.69, 9.17) is 0 Å².